The van der Waals surface area contributed by atoms with Gasteiger partial charge in [0.2, 0.25) is 5.91 Å². The average molecular weight is 361 g/mol. The molecule has 1 amide bonds. The van der Waals surface area contributed by atoms with Crippen LogP contribution in [-0.2, 0) is 20.4 Å². The van der Waals surface area contributed by atoms with E-state index in [2.05, 4.69) is 5.32 Å². The largest absolute Gasteiger partial charge is 0.493 e. The van der Waals surface area contributed by atoms with E-state index in [1.165, 1.54) is 6.26 Å². The van der Waals surface area contributed by atoms with Gasteiger partial charge in [0.25, 0.3) is 0 Å². The maximum absolute atomic E-state index is 12.0. The van der Waals surface area contributed by atoms with Gasteiger partial charge in [-0.2, -0.15) is 0 Å². The molecular weight excluding hydrogens is 338 g/mol. The number of carbonyl (C=O) groups is 1. The molecule has 0 saturated carbocycles. The second kappa shape index (κ2) is 8.16. The Bertz CT molecular complexity index is 859. The van der Waals surface area contributed by atoms with Crippen molar-refractivity contribution in [3.63, 3.8) is 0 Å². The van der Waals surface area contributed by atoms with E-state index in [4.69, 9.17) is 4.74 Å². The molecule has 6 heteroatoms. The van der Waals surface area contributed by atoms with Crippen LogP contribution in [0.15, 0.2) is 42.5 Å². The lowest BCUT2D eigenvalue weighted by Crippen LogP contribution is -2.15. The van der Waals surface area contributed by atoms with E-state index in [1.807, 2.05) is 32.0 Å². The zero-order valence-corrected chi connectivity index (χ0v) is 15.5. The SMILES string of the molecule is Cc1ccc(C)c(OCCC(=O)Nc2cccc(CS(C)(=O)=O)c2)c1. The fourth-order valence-electron chi connectivity index (χ4n) is 2.38. The summed E-state index contributed by atoms with van der Waals surface area (Å²) in [6.45, 7) is 4.23. The Kier molecular flexibility index (Phi) is 6.20. The van der Waals surface area contributed by atoms with Crippen molar-refractivity contribution in [2.45, 2.75) is 26.0 Å². The highest BCUT2D eigenvalue weighted by Gasteiger charge is 2.08. The third kappa shape index (κ3) is 6.58. The molecular formula is C19H23NO4S. The number of hydrogen-bond donors (Lipinski definition) is 1. The second-order valence-corrected chi connectivity index (χ2v) is 8.33. The zero-order chi connectivity index (χ0) is 18.4. The van der Waals surface area contributed by atoms with E-state index >= 15 is 0 Å². The van der Waals surface area contributed by atoms with Crippen LogP contribution in [-0.4, -0.2) is 27.2 Å². The number of amides is 1. The smallest absolute Gasteiger partial charge is 0.227 e. The monoisotopic (exact) mass is 361 g/mol. The number of anilines is 1. The van der Waals surface area contributed by atoms with Crippen LogP contribution >= 0.6 is 0 Å². The van der Waals surface area contributed by atoms with Crippen LogP contribution in [0.1, 0.15) is 23.1 Å². The molecule has 0 spiro atoms. The van der Waals surface area contributed by atoms with Crippen molar-refractivity contribution >= 4 is 21.4 Å². The molecule has 0 saturated heterocycles. The van der Waals surface area contributed by atoms with E-state index in [9.17, 15) is 13.2 Å². The van der Waals surface area contributed by atoms with Crippen LogP contribution in [0.5, 0.6) is 5.75 Å². The van der Waals surface area contributed by atoms with E-state index in [1.54, 1.807) is 24.3 Å². The minimum Gasteiger partial charge on any atom is -0.493 e. The molecule has 1 N–H and O–H groups in total. The van der Waals surface area contributed by atoms with Gasteiger partial charge in [-0.05, 0) is 48.7 Å². The van der Waals surface area contributed by atoms with Crippen molar-refractivity contribution in [2.75, 3.05) is 18.2 Å². The third-order valence-corrected chi connectivity index (χ3v) is 4.43. The average Bonchev–Trinajstić information content (AvgIpc) is 2.49. The Balaban J connectivity index is 1.88. The van der Waals surface area contributed by atoms with Gasteiger partial charge in [-0.15, -0.1) is 0 Å². The van der Waals surface area contributed by atoms with Gasteiger partial charge in [0, 0.05) is 11.9 Å². The van der Waals surface area contributed by atoms with Crippen LogP contribution in [0, 0.1) is 13.8 Å². The Morgan fingerprint density at radius 2 is 1.88 bits per heavy atom. The Morgan fingerprint density at radius 1 is 1.12 bits per heavy atom. The van der Waals surface area contributed by atoms with Gasteiger partial charge < -0.3 is 10.1 Å². The van der Waals surface area contributed by atoms with Gasteiger partial charge in [0.15, 0.2) is 9.84 Å². The minimum atomic E-state index is -3.11. The van der Waals surface area contributed by atoms with Gasteiger partial charge in [-0.1, -0.05) is 24.3 Å². The summed E-state index contributed by atoms with van der Waals surface area (Å²) in [5.74, 6) is 0.552. The van der Waals surface area contributed by atoms with E-state index in [-0.39, 0.29) is 24.7 Å². The first-order chi connectivity index (χ1) is 11.7. The lowest BCUT2D eigenvalue weighted by Gasteiger charge is -2.10. The summed E-state index contributed by atoms with van der Waals surface area (Å²) in [6, 6.07) is 12.8. The van der Waals surface area contributed by atoms with E-state index < -0.39 is 9.84 Å². The molecule has 0 aliphatic heterocycles. The second-order valence-electron chi connectivity index (χ2n) is 6.19. The van der Waals surface area contributed by atoms with Gasteiger partial charge in [-0.3, -0.25) is 4.79 Å². The van der Waals surface area contributed by atoms with Gasteiger partial charge in [0.1, 0.15) is 5.75 Å². The number of hydrogen-bond acceptors (Lipinski definition) is 4. The molecule has 134 valence electrons. The Hall–Kier alpha value is -2.34. The molecule has 0 fully saturated rings. The molecule has 0 unspecified atom stereocenters. The zero-order valence-electron chi connectivity index (χ0n) is 14.7. The minimum absolute atomic E-state index is 0.0492. The normalized spacial score (nSPS) is 11.2. The van der Waals surface area contributed by atoms with Crippen LogP contribution in [0.4, 0.5) is 5.69 Å². The molecule has 0 aliphatic rings. The highest BCUT2D eigenvalue weighted by atomic mass is 32.2. The number of aryl methyl sites for hydroxylation is 2. The molecule has 0 aliphatic carbocycles. The van der Waals surface area contributed by atoms with Crippen LogP contribution < -0.4 is 10.1 Å². The summed E-state index contributed by atoms with van der Waals surface area (Å²) >= 11 is 0. The maximum atomic E-state index is 12.0. The quantitative estimate of drug-likeness (QED) is 0.822. The summed E-state index contributed by atoms with van der Waals surface area (Å²) < 4.78 is 28.4. The predicted molar refractivity (Wildman–Crippen MR) is 99.6 cm³/mol. The predicted octanol–water partition coefficient (Wildman–Crippen LogP) is 3.26. The molecule has 2 aromatic carbocycles. The lowest BCUT2D eigenvalue weighted by molar-refractivity contribution is -0.116. The molecule has 25 heavy (non-hydrogen) atoms. The number of ether oxygens (including phenoxy) is 1. The van der Waals surface area contributed by atoms with Crippen LogP contribution in [0.2, 0.25) is 0 Å². The molecule has 0 heterocycles. The molecule has 5 nitrogen and oxygen atoms in total. The Labute approximate surface area is 148 Å². The first-order valence-corrected chi connectivity index (χ1v) is 10.1. The molecule has 0 bridgehead atoms. The van der Waals surface area contributed by atoms with Crippen molar-refractivity contribution in [2.24, 2.45) is 0 Å². The summed E-state index contributed by atoms with van der Waals surface area (Å²) in [4.78, 5) is 12.0. The molecule has 2 rings (SSSR count). The van der Waals surface area contributed by atoms with Gasteiger partial charge >= 0.3 is 0 Å². The van der Waals surface area contributed by atoms with Crippen molar-refractivity contribution in [3.05, 3.63) is 59.2 Å². The number of benzene rings is 2. The topological polar surface area (TPSA) is 72.5 Å². The first-order valence-electron chi connectivity index (χ1n) is 7.99. The summed E-state index contributed by atoms with van der Waals surface area (Å²) in [5, 5.41) is 2.77. The third-order valence-electron chi connectivity index (χ3n) is 3.57. The first kappa shape index (κ1) is 19.0. The van der Waals surface area contributed by atoms with E-state index in [0.717, 1.165) is 16.9 Å². The van der Waals surface area contributed by atoms with Gasteiger partial charge in [-0.25, -0.2) is 8.42 Å². The molecule has 0 radical (unpaired) electrons. The fourth-order valence-corrected chi connectivity index (χ4v) is 3.17. The summed E-state index contributed by atoms with van der Waals surface area (Å²) in [5.41, 5.74) is 3.36. The standard InChI is InChI=1S/C19H23NO4S/c1-14-7-8-15(2)18(11-14)24-10-9-19(21)20-17-6-4-5-16(12-17)13-25(3,22)23/h4-8,11-12H,9-10,13H2,1-3H3,(H,20,21). The number of carbonyl (C=O) groups excluding carboxylic acids is 1. The number of nitrogens with one attached hydrogen (secondary N) is 1. The van der Waals surface area contributed by atoms with Gasteiger partial charge in [0.05, 0.1) is 18.8 Å². The van der Waals surface area contributed by atoms with Crippen LogP contribution in [0.3, 0.4) is 0 Å². The van der Waals surface area contributed by atoms with Crippen LogP contribution in [0.25, 0.3) is 0 Å². The Morgan fingerprint density at radius 3 is 2.60 bits per heavy atom. The summed E-state index contributed by atoms with van der Waals surface area (Å²) in [7, 11) is -3.11. The van der Waals surface area contributed by atoms with Crippen molar-refractivity contribution in [3.8, 4) is 5.75 Å². The van der Waals surface area contributed by atoms with Crippen molar-refractivity contribution in [1.29, 1.82) is 0 Å². The van der Waals surface area contributed by atoms with Crippen molar-refractivity contribution < 1.29 is 17.9 Å². The highest BCUT2D eigenvalue weighted by Crippen LogP contribution is 2.19. The molecule has 0 aromatic heterocycles. The maximum Gasteiger partial charge on any atom is 0.227 e. The molecule has 0 atom stereocenters. The number of rotatable bonds is 7. The number of sulfone groups is 1. The summed E-state index contributed by atoms with van der Waals surface area (Å²) in [6.07, 6.45) is 1.40. The molecule has 2 aromatic rings. The lowest BCUT2D eigenvalue weighted by atomic mass is 10.1. The van der Waals surface area contributed by atoms with E-state index in [0.29, 0.717) is 11.3 Å². The fraction of sp³-hybridized carbons (Fsp3) is 0.316. The highest BCUT2D eigenvalue weighted by molar-refractivity contribution is 7.89. The van der Waals surface area contributed by atoms with Crippen molar-refractivity contribution in [1.82, 2.24) is 0 Å².